The average molecular weight is 798 g/mol. The Morgan fingerprint density at radius 1 is 0.787 bits per heavy atom. The number of hydrogen-bond donors (Lipinski definition) is 0. The van der Waals surface area contributed by atoms with E-state index in [9.17, 15) is 0 Å². The normalized spacial score (nSPS) is 11.6. The third kappa shape index (κ3) is 6.42. The van der Waals surface area contributed by atoms with Gasteiger partial charge in [-0.15, -0.1) is 35.7 Å². The number of benzene rings is 4. The minimum atomic E-state index is 0. The third-order valence-corrected chi connectivity index (χ3v) is 8.45. The van der Waals surface area contributed by atoms with Gasteiger partial charge < -0.3 is 9.30 Å². The molecule has 7 rings (SSSR count). The van der Waals surface area contributed by atoms with E-state index in [0.29, 0.717) is 11.5 Å². The molecule has 0 aliphatic heterocycles. The summed E-state index contributed by atoms with van der Waals surface area (Å²) in [5.74, 6) is 2.09. The molecule has 4 aromatic carbocycles. The van der Waals surface area contributed by atoms with Crippen molar-refractivity contribution in [1.29, 1.82) is 0 Å². The number of pyridine rings is 1. The molecule has 3 heterocycles. The number of rotatable bonds is 7. The van der Waals surface area contributed by atoms with Crippen molar-refractivity contribution in [3.63, 3.8) is 0 Å². The number of aryl methyl sites for hydroxylation is 2. The Hall–Kier alpha value is -4.47. The molecule has 0 saturated heterocycles. The van der Waals surface area contributed by atoms with E-state index in [-0.39, 0.29) is 26.5 Å². The molecule has 0 atom stereocenters. The van der Waals surface area contributed by atoms with Crippen molar-refractivity contribution >= 4 is 21.8 Å². The fourth-order valence-corrected chi connectivity index (χ4v) is 6.43. The zero-order valence-electron chi connectivity index (χ0n) is 27.7. The quantitative estimate of drug-likeness (QED) is 0.151. The van der Waals surface area contributed by atoms with Gasteiger partial charge in [0.15, 0.2) is 0 Å². The molecular formula is C41H38N4OPt. The molecule has 0 unspecified atom stereocenters. The molecule has 0 radical (unpaired) electrons. The van der Waals surface area contributed by atoms with Crippen LogP contribution in [0.2, 0.25) is 0 Å². The zero-order valence-corrected chi connectivity index (χ0v) is 29.9. The molecule has 6 heteroatoms. The van der Waals surface area contributed by atoms with E-state index < -0.39 is 0 Å². The van der Waals surface area contributed by atoms with Gasteiger partial charge >= 0.3 is 21.1 Å². The van der Waals surface area contributed by atoms with Crippen LogP contribution in [-0.4, -0.2) is 19.3 Å². The van der Waals surface area contributed by atoms with Gasteiger partial charge in [0.05, 0.1) is 5.69 Å². The van der Waals surface area contributed by atoms with Gasteiger partial charge in [0.1, 0.15) is 5.82 Å². The number of ether oxygens (including phenoxy) is 1. The predicted molar refractivity (Wildman–Crippen MR) is 187 cm³/mol. The van der Waals surface area contributed by atoms with Gasteiger partial charge in [-0.25, -0.2) is 4.98 Å². The molecule has 7 aromatic rings. The second kappa shape index (κ2) is 13.0. The van der Waals surface area contributed by atoms with Gasteiger partial charge in [-0.1, -0.05) is 75.7 Å². The monoisotopic (exact) mass is 797 g/mol. The summed E-state index contributed by atoms with van der Waals surface area (Å²) in [7, 11) is 0. The van der Waals surface area contributed by atoms with Gasteiger partial charge in [-0.05, 0) is 78.1 Å². The van der Waals surface area contributed by atoms with Crippen LogP contribution in [0.25, 0.3) is 44.4 Å². The first-order valence-corrected chi connectivity index (χ1v) is 16.0. The Kier molecular flexibility index (Phi) is 8.96. The number of aromatic nitrogens is 4. The molecule has 0 amide bonds. The largest absolute Gasteiger partial charge is 2.00 e. The average Bonchev–Trinajstić information content (AvgIpc) is 3.53. The molecule has 238 valence electrons. The van der Waals surface area contributed by atoms with Crippen LogP contribution in [0.5, 0.6) is 11.5 Å². The zero-order chi connectivity index (χ0) is 32.0. The fourth-order valence-electron chi connectivity index (χ4n) is 6.43. The van der Waals surface area contributed by atoms with Crippen LogP contribution in [0.1, 0.15) is 50.2 Å². The van der Waals surface area contributed by atoms with E-state index in [2.05, 4.69) is 112 Å². The summed E-state index contributed by atoms with van der Waals surface area (Å²) in [5.41, 5.74) is 9.93. The number of fused-ring (bicyclic) bond motifs is 3. The Bertz CT molecular complexity index is 2210. The van der Waals surface area contributed by atoms with Crippen molar-refractivity contribution in [1.82, 2.24) is 19.3 Å². The molecular weight excluding hydrogens is 760 g/mol. The second-order valence-corrected chi connectivity index (χ2v) is 13.2. The van der Waals surface area contributed by atoms with Crippen molar-refractivity contribution in [3.8, 4) is 34.1 Å². The Morgan fingerprint density at radius 3 is 2.34 bits per heavy atom. The van der Waals surface area contributed by atoms with E-state index in [1.807, 2.05) is 48.1 Å². The van der Waals surface area contributed by atoms with Crippen LogP contribution in [0.3, 0.4) is 0 Å². The van der Waals surface area contributed by atoms with E-state index >= 15 is 0 Å². The van der Waals surface area contributed by atoms with Crippen LogP contribution in [-0.2, 0) is 33.9 Å². The third-order valence-electron chi connectivity index (χ3n) is 8.45. The Morgan fingerprint density at radius 2 is 1.57 bits per heavy atom. The minimum Gasteiger partial charge on any atom is -0.509 e. The van der Waals surface area contributed by atoms with Gasteiger partial charge in [-0.2, -0.15) is 17.2 Å². The maximum atomic E-state index is 6.45. The predicted octanol–water partition coefficient (Wildman–Crippen LogP) is 10.2. The molecule has 0 aliphatic carbocycles. The van der Waals surface area contributed by atoms with E-state index in [4.69, 9.17) is 14.8 Å². The van der Waals surface area contributed by atoms with Crippen molar-refractivity contribution in [2.75, 3.05) is 0 Å². The topological polar surface area (TPSA) is 44.9 Å². The smallest absolute Gasteiger partial charge is 0.509 e. The SMILES string of the molecule is CCc1ccnc(-n2c3[c-]c(Oc4[c-]c(-n5nc(C)c(-c6ccccc6)c5C)ccc4)ccc3c3cc(CC(C)(C)C)ccc32)c1.[Pt+2]. The van der Waals surface area contributed by atoms with Gasteiger partial charge in [0.2, 0.25) is 0 Å². The summed E-state index contributed by atoms with van der Waals surface area (Å²) in [6, 6.07) is 38.5. The molecule has 0 bridgehead atoms. The molecule has 0 saturated carbocycles. The van der Waals surface area contributed by atoms with Gasteiger partial charge in [0, 0.05) is 34.5 Å². The van der Waals surface area contributed by atoms with Crippen molar-refractivity contribution in [2.24, 2.45) is 5.41 Å². The molecule has 0 spiro atoms. The van der Waals surface area contributed by atoms with E-state index in [1.165, 1.54) is 16.5 Å². The van der Waals surface area contributed by atoms with Crippen LogP contribution < -0.4 is 4.74 Å². The number of hydrogen-bond acceptors (Lipinski definition) is 3. The van der Waals surface area contributed by atoms with Crippen molar-refractivity contribution in [2.45, 2.75) is 54.4 Å². The van der Waals surface area contributed by atoms with Crippen molar-refractivity contribution in [3.05, 3.63) is 132 Å². The van der Waals surface area contributed by atoms with E-state index in [0.717, 1.165) is 63.3 Å². The molecule has 0 aliphatic rings. The minimum absolute atomic E-state index is 0. The summed E-state index contributed by atoms with van der Waals surface area (Å²) in [6.07, 6.45) is 3.83. The molecule has 0 fully saturated rings. The first-order valence-electron chi connectivity index (χ1n) is 16.0. The van der Waals surface area contributed by atoms with Crippen LogP contribution >= 0.6 is 0 Å². The second-order valence-electron chi connectivity index (χ2n) is 13.2. The number of nitrogens with zero attached hydrogens (tertiary/aromatic N) is 4. The summed E-state index contributed by atoms with van der Waals surface area (Å²) < 4.78 is 10.6. The Labute approximate surface area is 291 Å². The molecule has 0 N–H and O–H groups in total. The first kappa shape index (κ1) is 32.5. The standard InChI is InChI=1S/C41H38N4O.Pt/c1-7-29-20-21-42-39(23-29)44-37-19-16-30(26-41(4,5)6)22-36(37)35-18-17-34(25-38(35)44)46-33-15-11-14-32(24-33)45-28(3)40(27(2)43-45)31-12-9-8-10-13-31;/h8-23H,7,26H2,1-6H3;/q-2;+2. The maximum absolute atomic E-state index is 6.45. The maximum Gasteiger partial charge on any atom is 2.00 e. The van der Waals surface area contributed by atoms with Crippen LogP contribution in [0.4, 0.5) is 0 Å². The summed E-state index contributed by atoms with van der Waals surface area (Å²) in [6.45, 7) is 13.1. The molecule has 3 aromatic heterocycles. The van der Waals surface area contributed by atoms with Gasteiger partial charge in [-0.3, -0.25) is 4.68 Å². The molecule has 47 heavy (non-hydrogen) atoms. The summed E-state index contributed by atoms with van der Waals surface area (Å²) in [4.78, 5) is 4.80. The van der Waals surface area contributed by atoms with Crippen LogP contribution in [0, 0.1) is 31.4 Å². The Balaban J connectivity index is 0.00000386. The van der Waals surface area contributed by atoms with E-state index in [1.54, 1.807) is 0 Å². The van der Waals surface area contributed by atoms with Crippen molar-refractivity contribution < 1.29 is 25.8 Å². The first-order chi connectivity index (χ1) is 22.2. The van der Waals surface area contributed by atoms with Crippen LogP contribution in [0.15, 0.2) is 97.2 Å². The summed E-state index contributed by atoms with van der Waals surface area (Å²) in [5, 5.41) is 7.18. The molecule has 5 nitrogen and oxygen atoms in total. The van der Waals surface area contributed by atoms with Gasteiger partial charge in [0.25, 0.3) is 0 Å². The summed E-state index contributed by atoms with van der Waals surface area (Å²) >= 11 is 0. The fraction of sp³-hybridized carbons (Fsp3) is 0.220.